The molecule has 0 amide bonds. The van der Waals surface area contributed by atoms with Gasteiger partial charge in [0.2, 0.25) is 0 Å². The van der Waals surface area contributed by atoms with Gasteiger partial charge in [-0.2, -0.15) is 0 Å². The summed E-state index contributed by atoms with van der Waals surface area (Å²) in [7, 11) is 0. The molecule has 0 aromatic heterocycles. The lowest BCUT2D eigenvalue weighted by Crippen LogP contribution is -2.30. The summed E-state index contributed by atoms with van der Waals surface area (Å²) in [5.74, 6) is -0.743. The number of hydrogen-bond donors (Lipinski definition) is 3. The summed E-state index contributed by atoms with van der Waals surface area (Å²) in [5, 5.41) is 22.2. The number of halogens is 1. The average Bonchev–Trinajstić information content (AvgIpc) is 2.38. The second kappa shape index (κ2) is 6.39. The van der Waals surface area contributed by atoms with Crippen LogP contribution in [0.15, 0.2) is 22.7 Å². The van der Waals surface area contributed by atoms with Crippen molar-refractivity contribution in [3.05, 3.63) is 28.2 Å². The van der Waals surface area contributed by atoms with Gasteiger partial charge in [0, 0.05) is 22.6 Å². The maximum atomic E-state index is 11.2. The van der Waals surface area contributed by atoms with E-state index < -0.39 is 5.97 Å². The molecule has 0 bridgehead atoms. The Morgan fingerprint density at radius 1 is 1.37 bits per heavy atom. The SMILES string of the molecule is O=C(O)c1cc(Br)ccc1NCC1CCCCC1O. The summed E-state index contributed by atoms with van der Waals surface area (Å²) in [6.07, 6.45) is 3.78. The van der Waals surface area contributed by atoms with Crippen molar-refractivity contribution in [1.82, 2.24) is 0 Å². The van der Waals surface area contributed by atoms with Crippen molar-refractivity contribution in [2.24, 2.45) is 5.92 Å². The Bertz CT molecular complexity index is 464. The Morgan fingerprint density at radius 3 is 2.79 bits per heavy atom. The largest absolute Gasteiger partial charge is 0.478 e. The maximum Gasteiger partial charge on any atom is 0.337 e. The van der Waals surface area contributed by atoms with E-state index in [4.69, 9.17) is 5.11 Å². The first-order valence-corrected chi connectivity index (χ1v) is 7.32. The van der Waals surface area contributed by atoms with Gasteiger partial charge in [-0.15, -0.1) is 0 Å². The van der Waals surface area contributed by atoms with Gasteiger partial charge < -0.3 is 15.5 Å². The first kappa shape index (κ1) is 14.3. The minimum absolute atomic E-state index is 0.207. The zero-order valence-electron chi connectivity index (χ0n) is 10.6. The summed E-state index contributed by atoms with van der Waals surface area (Å²) in [4.78, 5) is 11.2. The van der Waals surface area contributed by atoms with Crippen LogP contribution in [0.5, 0.6) is 0 Å². The number of nitrogens with one attached hydrogen (secondary N) is 1. The highest BCUT2D eigenvalue weighted by Gasteiger charge is 2.23. The third-order valence-corrected chi connectivity index (χ3v) is 4.13. The molecular formula is C14H18BrNO3. The molecule has 4 nitrogen and oxygen atoms in total. The zero-order valence-corrected chi connectivity index (χ0v) is 12.2. The van der Waals surface area contributed by atoms with Crippen LogP contribution in [0.1, 0.15) is 36.0 Å². The lowest BCUT2D eigenvalue weighted by Gasteiger charge is -2.28. The van der Waals surface area contributed by atoms with Gasteiger partial charge in [-0.05, 0) is 31.0 Å². The van der Waals surface area contributed by atoms with Crippen LogP contribution >= 0.6 is 15.9 Å². The van der Waals surface area contributed by atoms with Crippen molar-refractivity contribution < 1.29 is 15.0 Å². The zero-order chi connectivity index (χ0) is 13.8. The van der Waals surface area contributed by atoms with Gasteiger partial charge in [0.1, 0.15) is 0 Å². The second-order valence-corrected chi connectivity index (χ2v) is 5.90. The number of anilines is 1. The van der Waals surface area contributed by atoms with Crippen molar-refractivity contribution in [2.45, 2.75) is 31.8 Å². The van der Waals surface area contributed by atoms with E-state index in [1.54, 1.807) is 12.1 Å². The van der Waals surface area contributed by atoms with Gasteiger partial charge in [0.15, 0.2) is 0 Å². The fourth-order valence-corrected chi connectivity index (χ4v) is 2.88. The van der Waals surface area contributed by atoms with Crippen LogP contribution in [0.2, 0.25) is 0 Å². The van der Waals surface area contributed by atoms with Crippen LogP contribution < -0.4 is 5.32 Å². The molecule has 2 atom stereocenters. The molecule has 1 saturated carbocycles. The molecule has 1 aliphatic rings. The van der Waals surface area contributed by atoms with E-state index in [-0.39, 0.29) is 17.6 Å². The molecule has 0 aliphatic heterocycles. The van der Waals surface area contributed by atoms with Crippen molar-refractivity contribution in [3.8, 4) is 0 Å². The quantitative estimate of drug-likeness (QED) is 0.794. The predicted octanol–water partition coefficient (Wildman–Crippen LogP) is 3.11. The van der Waals surface area contributed by atoms with Gasteiger partial charge in [-0.25, -0.2) is 4.79 Å². The Balaban J connectivity index is 2.04. The average molecular weight is 328 g/mol. The number of carbonyl (C=O) groups is 1. The summed E-state index contributed by atoms with van der Waals surface area (Å²) in [6.45, 7) is 0.614. The standard InChI is InChI=1S/C14H18BrNO3/c15-10-5-6-12(11(7-10)14(18)19)16-8-9-3-1-2-4-13(9)17/h5-7,9,13,16-17H,1-4,8H2,(H,18,19). The molecule has 1 aliphatic carbocycles. The van der Waals surface area contributed by atoms with Crippen LogP contribution in [-0.4, -0.2) is 28.8 Å². The normalized spacial score (nSPS) is 23.1. The number of carboxylic acids is 1. The molecule has 19 heavy (non-hydrogen) atoms. The number of rotatable bonds is 4. The third kappa shape index (κ3) is 3.70. The lowest BCUT2D eigenvalue weighted by atomic mass is 9.86. The summed E-state index contributed by atoms with van der Waals surface area (Å²) < 4.78 is 0.744. The van der Waals surface area contributed by atoms with Gasteiger partial charge in [-0.3, -0.25) is 0 Å². The number of aromatic carboxylic acids is 1. The molecule has 0 heterocycles. The summed E-state index contributed by atoms with van der Waals surface area (Å²) in [5.41, 5.74) is 0.855. The van der Waals surface area contributed by atoms with Crippen LogP contribution in [0.4, 0.5) is 5.69 Å². The molecular weight excluding hydrogens is 310 g/mol. The van der Waals surface area contributed by atoms with Crippen molar-refractivity contribution in [1.29, 1.82) is 0 Å². The van der Waals surface area contributed by atoms with E-state index in [1.807, 2.05) is 6.07 Å². The second-order valence-electron chi connectivity index (χ2n) is 4.99. The monoisotopic (exact) mass is 327 g/mol. The van der Waals surface area contributed by atoms with Gasteiger partial charge in [0.25, 0.3) is 0 Å². The Morgan fingerprint density at radius 2 is 2.11 bits per heavy atom. The molecule has 2 rings (SSSR count). The van der Waals surface area contributed by atoms with Crippen molar-refractivity contribution >= 4 is 27.6 Å². The fraction of sp³-hybridized carbons (Fsp3) is 0.500. The van der Waals surface area contributed by atoms with Gasteiger partial charge >= 0.3 is 5.97 Å². The highest BCUT2D eigenvalue weighted by atomic mass is 79.9. The molecule has 1 aromatic carbocycles. The molecule has 0 spiro atoms. The molecule has 2 unspecified atom stereocenters. The van der Waals surface area contributed by atoms with E-state index in [9.17, 15) is 9.90 Å². The minimum atomic E-state index is -0.951. The van der Waals surface area contributed by atoms with E-state index in [0.29, 0.717) is 12.2 Å². The first-order valence-electron chi connectivity index (χ1n) is 6.52. The highest BCUT2D eigenvalue weighted by molar-refractivity contribution is 9.10. The number of aliphatic hydroxyl groups excluding tert-OH is 1. The van der Waals surface area contributed by atoms with Crippen LogP contribution in [0.25, 0.3) is 0 Å². The minimum Gasteiger partial charge on any atom is -0.478 e. The molecule has 0 radical (unpaired) electrons. The molecule has 104 valence electrons. The Hall–Kier alpha value is -1.07. The first-order chi connectivity index (χ1) is 9.08. The smallest absolute Gasteiger partial charge is 0.337 e. The van der Waals surface area contributed by atoms with E-state index >= 15 is 0 Å². The van der Waals surface area contributed by atoms with E-state index in [1.165, 1.54) is 0 Å². The number of benzene rings is 1. The van der Waals surface area contributed by atoms with E-state index in [2.05, 4.69) is 21.2 Å². The third-order valence-electron chi connectivity index (χ3n) is 3.64. The number of carboxylic acid groups (broad SMARTS) is 1. The van der Waals surface area contributed by atoms with Crippen LogP contribution in [0.3, 0.4) is 0 Å². The highest BCUT2D eigenvalue weighted by Crippen LogP contribution is 2.26. The van der Waals surface area contributed by atoms with E-state index in [0.717, 1.165) is 30.2 Å². The predicted molar refractivity (Wildman–Crippen MR) is 77.6 cm³/mol. The number of hydrogen-bond acceptors (Lipinski definition) is 3. The van der Waals surface area contributed by atoms with Crippen molar-refractivity contribution in [3.63, 3.8) is 0 Å². The van der Waals surface area contributed by atoms with Crippen LogP contribution in [-0.2, 0) is 0 Å². The number of aliphatic hydroxyl groups is 1. The van der Waals surface area contributed by atoms with Crippen molar-refractivity contribution in [2.75, 3.05) is 11.9 Å². The molecule has 1 aromatic rings. The summed E-state index contributed by atoms with van der Waals surface area (Å²) >= 11 is 3.27. The van der Waals surface area contributed by atoms with Gasteiger partial charge in [-0.1, -0.05) is 28.8 Å². The fourth-order valence-electron chi connectivity index (χ4n) is 2.51. The molecule has 1 fully saturated rings. The molecule has 3 N–H and O–H groups in total. The van der Waals surface area contributed by atoms with Gasteiger partial charge in [0.05, 0.1) is 11.7 Å². The summed E-state index contributed by atoms with van der Waals surface area (Å²) in [6, 6.07) is 5.15. The topological polar surface area (TPSA) is 69.6 Å². The van der Waals surface area contributed by atoms with Crippen LogP contribution in [0, 0.1) is 5.92 Å². The Kier molecular flexibility index (Phi) is 4.82. The molecule has 0 saturated heterocycles. The Labute approximate surface area is 121 Å². The maximum absolute atomic E-state index is 11.2. The lowest BCUT2D eigenvalue weighted by molar-refractivity contribution is 0.0697. The molecule has 5 heteroatoms.